The van der Waals surface area contributed by atoms with E-state index in [-0.39, 0.29) is 28.0 Å². The quantitative estimate of drug-likeness (QED) is 0.428. The van der Waals surface area contributed by atoms with Gasteiger partial charge in [-0.25, -0.2) is 8.42 Å². The summed E-state index contributed by atoms with van der Waals surface area (Å²) in [6, 6.07) is 15.2. The van der Waals surface area contributed by atoms with Gasteiger partial charge in [0.2, 0.25) is 0 Å². The molecule has 0 aliphatic rings. The molecule has 0 bridgehead atoms. The Labute approximate surface area is 166 Å². The summed E-state index contributed by atoms with van der Waals surface area (Å²) in [4.78, 5) is 27.2. The second kappa shape index (κ2) is 8.29. The number of carbonyl (C=O) groups is 2. The lowest BCUT2D eigenvalue weighted by atomic mass is 10.1. The number of benzene rings is 3. The summed E-state index contributed by atoms with van der Waals surface area (Å²) in [5.74, 6) is -1.52. The Hall–Kier alpha value is -3.43. The van der Waals surface area contributed by atoms with E-state index < -0.39 is 22.0 Å². The van der Waals surface area contributed by atoms with E-state index in [0.29, 0.717) is 10.9 Å². The number of aliphatic carboxylic acids is 1. The Kier molecular flexibility index (Phi) is 5.81. The highest BCUT2D eigenvalue weighted by molar-refractivity contribution is 7.89. The van der Waals surface area contributed by atoms with Crippen LogP contribution in [0.2, 0.25) is 0 Å². The number of aromatic hydroxyl groups is 1. The normalized spacial score (nSPS) is 12.6. The van der Waals surface area contributed by atoms with E-state index in [1.165, 1.54) is 36.4 Å². The molecule has 3 aromatic carbocycles. The molecule has 9 heteroatoms. The monoisotopic (exact) mass is 415 g/mol. The topological polar surface area (TPSA) is 121 Å². The Morgan fingerprint density at radius 3 is 2.31 bits per heavy atom. The first-order valence-electron chi connectivity index (χ1n) is 8.47. The highest BCUT2D eigenvalue weighted by Crippen LogP contribution is 2.25. The molecule has 0 heterocycles. The average Bonchev–Trinajstić information content (AvgIpc) is 2.71. The lowest BCUT2D eigenvalue weighted by molar-refractivity contribution is -0.168. The zero-order valence-electron chi connectivity index (χ0n) is 15.0. The minimum absolute atomic E-state index is 0.0228. The van der Waals surface area contributed by atoms with Crippen LogP contribution >= 0.6 is 0 Å². The molecule has 3 aromatic rings. The van der Waals surface area contributed by atoms with Gasteiger partial charge >= 0.3 is 12.4 Å². The molecule has 150 valence electrons. The van der Waals surface area contributed by atoms with E-state index in [1.807, 2.05) is 0 Å². The molecule has 0 saturated carbocycles. The van der Waals surface area contributed by atoms with Crippen molar-refractivity contribution in [3.63, 3.8) is 0 Å². The van der Waals surface area contributed by atoms with Gasteiger partial charge < -0.3 is 15.1 Å². The van der Waals surface area contributed by atoms with Crippen LogP contribution in [0.25, 0.3) is 10.8 Å². The first-order chi connectivity index (χ1) is 13.8. The summed E-state index contributed by atoms with van der Waals surface area (Å²) in [6.07, 6.45) is -0.281. The summed E-state index contributed by atoms with van der Waals surface area (Å²) in [7, 11) is -4.48. The number of carboxylic acids is 1. The fourth-order valence-electron chi connectivity index (χ4n) is 2.88. The third-order valence-corrected chi connectivity index (χ3v) is 5.97. The summed E-state index contributed by atoms with van der Waals surface area (Å²) in [5.41, 5.74) is 0.434. The molecule has 0 aliphatic heterocycles. The maximum absolute atomic E-state index is 13.1. The van der Waals surface area contributed by atoms with Crippen LogP contribution in [0.5, 0.6) is 5.75 Å². The van der Waals surface area contributed by atoms with E-state index in [2.05, 4.69) is 4.84 Å². The Bertz CT molecular complexity index is 1140. The molecular formula is C20H17NO7S. The molecule has 3 rings (SSSR count). The fraction of sp³-hybridized carbons (Fsp3) is 0.100. The van der Waals surface area contributed by atoms with Crippen molar-refractivity contribution in [2.75, 3.05) is 0 Å². The van der Waals surface area contributed by atoms with Crippen LogP contribution in [-0.4, -0.2) is 41.6 Å². The van der Waals surface area contributed by atoms with E-state index >= 15 is 0 Å². The van der Waals surface area contributed by atoms with E-state index in [0.717, 1.165) is 5.39 Å². The Morgan fingerprint density at radius 1 is 1.03 bits per heavy atom. The second-order valence-corrected chi connectivity index (χ2v) is 7.98. The van der Waals surface area contributed by atoms with Crippen LogP contribution in [0.3, 0.4) is 0 Å². The summed E-state index contributed by atoms with van der Waals surface area (Å²) in [6.45, 7) is -0.134. The summed E-state index contributed by atoms with van der Waals surface area (Å²) >= 11 is 0. The van der Waals surface area contributed by atoms with Crippen molar-refractivity contribution < 1.29 is 33.1 Å². The molecule has 0 unspecified atom stereocenters. The molecule has 0 amide bonds. The second-order valence-electron chi connectivity index (χ2n) is 6.20. The molecule has 0 saturated heterocycles. The number of hydrogen-bond donors (Lipinski definition) is 2. The number of rotatable bonds is 8. The van der Waals surface area contributed by atoms with Crippen LogP contribution in [0.15, 0.2) is 71.6 Å². The van der Waals surface area contributed by atoms with Gasteiger partial charge in [-0.3, -0.25) is 9.59 Å². The van der Waals surface area contributed by atoms with Gasteiger partial charge in [-0.05, 0) is 45.1 Å². The van der Waals surface area contributed by atoms with Gasteiger partial charge in [-0.2, -0.15) is 0 Å². The molecule has 29 heavy (non-hydrogen) atoms. The molecule has 0 aliphatic carbocycles. The number of fused-ring (bicyclic) bond motifs is 1. The van der Waals surface area contributed by atoms with E-state index in [9.17, 15) is 28.2 Å². The standard InChI is InChI=1S/C20H17NO7S/c22-13-28-21(19(20(24)25)11-14-5-8-17(23)9-6-14)29(26,27)18-10-7-15-3-1-2-4-16(15)12-18/h1-10,12-13,19,23H,11H2,(H,24,25)/t19-/m0/s1. The van der Waals surface area contributed by atoms with Crippen molar-refractivity contribution in [2.24, 2.45) is 0 Å². The number of hydrogen-bond acceptors (Lipinski definition) is 6. The van der Waals surface area contributed by atoms with Crippen molar-refractivity contribution in [3.05, 3.63) is 72.3 Å². The molecule has 0 radical (unpaired) electrons. The molecule has 1 atom stereocenters. The number of carboxylic acid groups (broad SMARTS) is 1. The number of nitrogens with zero attached hydrogens (tertiary/aromatic N) is 1. The fourth-order valence-corrected chi connectivity index (χ4v) is 4.25. The van der Waals surface area contributed by atoms with Gasteiger partial charge in [-0.15, -0.1) is 0 Å². The predicted molar refractivity (Wildman–Crippen MR) is 103 cm³/mol. The zero-order chi connectivity index (χ0) is 21.0. The molecule has 0 spiro atoms. The first kappa shape index (κ1) is 20.3. The van der Waals surface area contributed by atoms with Gasteiger partial charge in [0.15, 0.2) is 6.04 Å². The van der Waals surface area contributed by atoms with E-state index in [4.69, 9.17) is 0 Å². The maximum Gasteiger partial charge on any atom is 0.326 e. The van der Waals surface area contributed by atoms with Gasteiger partial charge in [0.1, 0.15) is 5.75 Å². The van der Waals surface area contributed by atoms with Crippen LogP contribution in [0.4, 0.5) is 0 Å². The molecule has 0 fully saturated rings. The minimum atomic E-state index is -4.48. The van der Waals surface area contributed by atoms with Gasteiger partial charge in [0.05, 0.1) is 4.90 Å². The number of sulfonamides is 1. The summed E-state index contributed by atoms with van der Waals surface area (Å²) in [5, 5.41) is 20.4. The molecule has 2 N–H and O–H groups in total. The van der Waals surface area contributed by atoms with Crippen molar-refractivity contribution in [3.8, 4) is 5.75 Å². The highest BCUT2D eigenvalue weighted by Gasteiger charge is 2.38. The number of carbonyl (C=O) groups excluding carboxylic acids is 1. The van der Waals surface area contributed by atoms with Gasteiger partial charge in [0.25, 0.3) is 10.0 Å². The van der Waals surface area contributed by atoms with Crippen molar-refractivity contribution in [2.45, 2.75) is 17.4 Å². The summed E-state index contributed by atoms with van der Waals surface area (Å²) < 4.78 is 26.4. The average molecular weight is 415 g/mol. The molecule has 0 aromatic heterocycles. The largest absolute Gasteiger partial charge is 0.508 e. The SMILES string of the molecule is O=CON([C@@H](Cc1ccc(O)cc1)C(=O)O)S(=O)(=O)c1ccc2ccccc2c1. The highest BCUT2D eigenvalue weighted by atomic mass is 32.2. The lowest BCUT2D eigenvalue weighted by Gasteiger charge is -2.25. The van der Waals surface area contributed by atoms with Crippen molar-refractivity contribution in [1.82, 2.24) is 4.47 Å². The predicted octanol–water partition coefficient (Wildman–Crippen LogP) is 2.32. The smallest absolute Gasteiger partial charge is 0.326 e. The Balaban J connectivity index is 2.02. The van der Waals surface area contributed by atoms with Crippen molar-refractivity contribution in [1.29, 1.82) is 0 Å². The first-order valence-corrected chi connectivity index (χ1v) is 9.91. The number of phenolic OH excluding ortho intramolecular Hbond substituents is 1. The molecular weight excluding hydrogens is 398 g/mol. The Morgan fingerprint density at radius 2 is 1.69 bits per heavy atom. The van der Waals surface area contributed by atoms with E-state index in [1.54, 1.807) is 30.3 Å². The third kappa shape index (κ3) is 4.36. The minimum Gasteiger partial charge on any atom is -0.508 e. The maximum atomic E-state index is 13.1. The number of phenols is 1. The van der Waals surface area contributed by atoms with Gasteiger partial charge in [0, 0.05) is 6.42 Å². The van der Waals surface area contributed by atoms with Gasteiger partial charge in [-0.1, -0.05) is 42.5 Å². The van der Waals surface area contributed by atoms with Crippen molar-refractivity contribution >= 4 is 33.2 Å². The van der Waals surface area contributed by atoms with Crippen LogP contribution in [0.1, 0.15) is 5.56 Å². The zero-order valence-corrected chi connectivity index (χ0v) is 15.8. The van der Waals surface area contributed by atoms with Crippen LogP contribution in [-0.2, 0) is 30.9 Å². The van der Waals surface area contributed by atoms with Crippen LogP contribution < -0.4 is 0 Å². The van der Waals surface area contributed by atoms with Crippen LogP contribution in [0, 0.1) is 0 Å². The number of hydroxylamine groups is 1. The third-order valence-electron chi connectivity index (χ3n) is 4.31. The lowest BCUT2D eigenvalue weighted by Crippen LogP contribution is -2.46. The molecule has 8 nitrogen and oxygen atoms in total.